The van der Waals surface area contributed by atoms with E-state index in [9.17, 15) is 4.79 Å². The average molecular weight is 376 g/mol. The summed E-state index contributed by atoms with van der Waals surface area (Å²) >= 11 is 0. The molecule has 1 heterocycles. The summed E-state index contributed by atoms with van der Waals surface area (Å²) in [5.74, 6) is 1.13. The van der Waals surface area contributed by atoms with Crippen LogP contribution in [-0.4, -0.2) is 29.5 Å². The minimum absolute atomic E-state index is 0.182. The fraction of sp³-hybridized carbons (Fsp3) is 0.227. The Morgan fingerprint density at radius 1 is 0.964 bits per heavy atom. The lowest BCUT2D eigenvalue weighted by Gasteiger charge is -2.08. The van der Waals surface area contributed by atoms with Crippen LogP contribution >= 0.6 is 0 Å². The van der Waals surface area contributed by atoms with Gasteiger partial charge in [-0.1, -0.05) is 42.0 Å². The summed E-state index contributed by atoms with van der Waals surface area (Å²) in [7, 11) is 1.64. The van der Waals surface area contributed by atoms with Gasteiger partial charge in [0, 0.05) is 25.5 Å². The number of benzene rings is 2. The Balaban J connectivity index is 1.45. The van der Waals surface area contributed by atoms with E-state index in [1.54, 1.807) is 7.11 Å². The zero-order valence-electron chi connectivity index (χ0n) is 16.1. The van der Waals surface area contributed by atoms with Crippen LogP contribution in [0.5, 0.6) is 5.75 Å². The van der Waals surface area contributed by atoms with Crippen molar-refractivity contribution in [1.29, 1.82) is 0 Å². The number of hydrogen-bond acceptors (Lipinski definition) is 5. The zero-order chi connectivity index (χ0) is 19.8. The van der Waals surface area contributed by atoms with Gasteiger partial charge in [-0.2, -0.15) is 0 Å². The highest BCUT2D eigenvalue weighted by Gasteiger charge is 2.07. The number of hydrogen-bond donors (Lipinski definition) is 2. The van der Waals surface area contributed by atoms with Crippen molar-refractivity contribution in [2.75, 3.05) is 19.0 Å². The summed E-state index contributed by atoms with van der Waals surface area (Å²) in [5, 5.41) is 6.04. The van der Waals surface area contributed by atoms with Crippen molar-refractivity contribution >= 4 is 11.9 Å². The van der Waals surface area contributed by atoms with Crippen molar-refractivity contribution in [2.45, 2.75) is 19.9 Å². The largest absolute Gasteiger partial charge is 0.497 e. The minimum Gasteiger partial charge on any atom is -0.497 e. The Labute approximate surface area is 165 Å². The molecule has 28 heavy (non-hydrogen) atoms. The van der Waals surface area contributed by atoms with Gasteiger partial charge in [0.1, 0.15) is 5.75 Å². The van der Waals surface area contributed by atoms with Crippen molar-refractivity contribution in [3.63, 3.8) is 0 Å². The first-order valence-corrected chi connectivity index (χ1v) is 9.16. The number of ether oxygens (including phenoxy) is 1. The molecule has 0 atom stereocenters. The van der Waals surface area contributed by atoms with Gasteiger partial charge in [-0.15, -0.1) is 0 Å². The molecule has 1 amide bonds. The van der Waals surface area contributed by atoms with Gasteiger partial charge in [0.2, 0.25) is 5.95 Å². The number of aryl methyl sites for hydroxylation is 1. The maximum atomic E-state index is 12.2. The zero-order valence-corrected chi connectivity index (χ0v) is 16.1. The number of aromatic nitrogens is 2. The van der Waals surface area contributed by atoms with Crippen LogP contribution in [0.25, 0.3) is 0 Å². The molecule has 0 saturated heterocycles. The van der Waals surface area contributed by atoms with E-state index in [2.05, 4.69) is 51.8 Å². The van der Waals surface area contributed by atoms with Crippen molar-refractivity contribution in [2.24, 2.45) is 0 Å². The molecule has 3 aromatic rings. The predicted octanol–water partition coefficient (Wildman–Crippen LogP) is 3.38. The Morgan fingerprint density at radius 2 is 1.61 bits per heavy atom. The molecule has 0 fully saturated rings. The second-order valence-electron chi connectivity index (χ2n) is 6.49. The van der Waals surface area contributed by atoms with Gasteiger partial charge in [0.05, 0.1) is 12.7 Å². The number of anilines is 1. The maximum absolute atomic E-state index is 12.2. The molecule has 0 spiro atoms. The predicted molar refractivity (Wildman–Crippen MR) is 110 cm³/mol. The number of nitrogens with zero attached hydrogens (tertiary/aromatic N) is 2. The molecular formula is C22H24N4O2. The average Bonchev–Trinajstić information content (AvgIpc) is 2.74. The molecule has 2 aromatic carbocycles. The monoisotopic (exact) mass is 376 g/mol. The SMILES string of the molecule is COc1ccc(CCNC(=O)c2cnc(NCc3ccc(C)cc3)nc2)cc1. The van der Waals surface area contributed by atoms with E-state index in [-0.39, 0.29) is 5.91 Å². The van der Waals surface area contributed by atoms with E-state index in [0.29, 0.717) is 24.6 Å². The quantitative estimate of drug-likeness (QED) is 0.630. The normalized spacial score (nSPS) is 10.4. The Kier molecular flexibility index (Phi) is 6.57. The lowest BCUT2D eigenvalue weighted by atomic mass is 10.1. The lowest BCUT2D eigenvalue weighted by Crippen LogP contribution is -2.26. The molecule has 0 aliphatic heterocycles. The second kappa shape index (κ2) is 9.50. The van der Waals surface area contributed by atoms with Gasteiger partial charge in [-0.25, -0.2) is 9.97 Å². The molecule has 2 N–H and O–H groups in total. The van der Waals surface area contributed by atoms with Crippen molar-refractivity contribution in [3.05, 3.63) is 83.2 Å². The molecule has 0 radical (unpaired) electrons. The van der Waals surface area contributed by atoms with Crippen LogP contribution in [0, 0.1) is 6.92 Å². The van der Waals surface area contributed by atoms with E-state index in [1.165, 1.54) is 18.0 Å². The number of rotatable bonds is 8. The fourth-order valence-electron chi connectivity index (χ4n) is 2.64. The summed E-state index contributed by atoms with van der Waals surface area (Å²) < 4.78 is 5.14. The van der Waals surface area contributed by atoms with Gasteiger partial charge in [-0.05, 0) is 36.6 Å². The van der Waals surface area contributed by atoms with E-state index in [4.69, 9.17) is 4.74 Å². The number of amides is 1. The van der Waals surface area contributed by atoms with Crippen LogP contribution in [-0.2, 0) is 13.0 Å². The van der Waals surface area contributed by atoms with E-state index < -0.39 is 0 Å². The highest BCUT2D eigenvalue weighted by molar-refractivity contribution is 5.93. The summed E-state index contributed by atoms with van der Waals surface area (Å²) in [6, 6.07) is 16.1. The highest BCUT2D eigenvalue weighted by atomic mass is 16.5. The molecule has 3 rings (SSSR count). The third kappa shape index (κ3) is 5.54. The molecule has 0 bridgehead atoms. The van der Waals surface area contributed by atoms with Crippen LogP contribution in [0.15, 0.2) is 60.9 Å². The first kappa shape index (κ1) is 19.4. The smallest absolute Gasteiger partial charge is 0.254 e. The van der Waals surface area contributed by atoms with Gasteiger partial charge >= 0.3 is 0 Å². The number of methoxy groups -OCH3 is 1. The number of carbonyl (C=O) groups excluding carboxylic acids is 1. The van der Waals surface area contributed by atoms with Crippen LogP contribution in [0.4, 0.5) is 5.95 Å². The molecule has 0 saturated carbocycles. The van der Waals surface area contributed by atoms with Gasteiger partial charge in [0.25, 0.3) is 5.91 Å². The van der Waals surface area contributed by atoms with Crippen molar-refractivity contribution in [1.82, 2.24) is 15.3 Å². The lowest BCUT2D eigenvalue weighted by molar-refractivity contribution is 0.0953. The Hall–Kier alpha value is -3.41. The van der Waals surface area contributed by atoms with E-state index in [0.717, 1.165) is 23.3 Å². The third-order valence-corrected chi connectivity index (χ3v) is 4.34. The summed E-state index contributed by atoms with van der Waals surface area (Å²) in [6.45, 7) is 3.23. The van der Waals surface area contributed by atoms with Crippen molar-refractivity contribution < 1.29 is 9.53 Å². The molecule has 144 valence electrons. The molecule has 6 nitrogen and oxygen atoms in total. The molecule has 0 aliphatic rings. The standard InChI is InChI=1S/C22H24N4O2/c1-16-3-5-18(6-4-16)13-24-22-25-14-19(15-26-22)21(27)23-12-11-17-7-9-20(28-2)10-8-17/h3-10,14-15H,11-13H2,1-2H3,(H,23,27)(H,24,25,26). The number of carbonyl (C=O) groups is 1. The van der Waals surface area contributed by atoms with Crippen LogP contribution < -0.4 is 15.4 Å². The first-order valence-electron chi connectivity index (χ1n) is 9.16. The van der Waals surface area contributed by atoms with Crippen LogP contribution in [0.3, 0.4) is 0 Å². The second-order valence-corrected chi connectivity index (χ2v) is 6.49. The molecule has 0 unspecified atom stereocenters. The van der Waals surface area contributed by atoms with Crippen molar-refractivity contribution in [3.8, 4) is 5.75 Å². The van der Waals surface area contributed by atoms with Crippen LogP contribution in [0.1, 0.15) is 27.0 Å². The minimum atomic E-state index is -0.182. The van der Waals surface area contributed by atoms with E-state index in [1.807, 2.05) is 24.3 Å². The van der Waals surface area contributed by atoms with Gasteiger partial charge < -0.3 is 15.4 Å². The Bertz CT molecular complexity index is 891. The fourth-order valence-corrected chi connectivity index (χ4v) is 2.64. The summed E-state index contributed by atoms with van der Waals surface area (Å²) in [6.07, 6.45) is 3.81. The van der Waals surface area contributed by atoms with Crippen LogP contribution in [0.2, 0.25) is 0 Å². The topological polar surface area (TPSA) is 76.1 Å². The molecular weight excluding hydrogens is 352 g/mol. The number of nitrogens with one attached hydrogen (secondary N) is 2. The molecule has 6 heteroatoms. The first-order chi connectivity index (χ1) is 13.6. The molecule has 1 aromatic heterocycles. The third-order valence-electron chi connectivity index (χ3n) is 4.34. The summed E-state index contributed by atoms with van der Waals surface area (Å²) in [5.41, 5.74) is 3.94. The summed E-state index contributed by atoms with van der Waals surface area (Å²) in [4.78, 5) is 20.7. The Morgan fingerprint density at radius 3 is 2.25 bits per heavy atom. The maximum Gasteiger partial charge on any atom is 0.254 e. The van der Waals surface area contributed by atoms with Gasteiger partial charge in [0.15, 0.2) is 0 Å². The van der Waals surface area contributed by atoms with E-state index >= 15 is 0 Å². The molecule has 0 aliphatic carbocycles. The highest BCUT2D eigenvalue weighted by Crippen LogP contribution is 2.11. The van der Waals surface area contributed by atoms with Gasteiger partial charge in [-0.3, -0.25) is 4.79 Å².